The SMILES string of the molecule is CN(C)CCCC(=O)N(C)c1ccc(NC(=C2C(=O)Nc3cc(Cl)ccc32)c2ccccc2)cc1. The van der Waals surface area contributed by atoms with Gasteiger partial charge in [0.05, 0.1) is 17.0 Å². The first-order valence-electron chi connectivity index (χ1n) is 11.5. The molecule has 1 heterocycles. The van der Waals surface area contributed by atoms with Crippen molar-refractivity contribution in [2.24, 2.45) is 0 Å². The average Bonchev–Trinajstić information content (AvgIpc) is 3.17. The van der Waals surface area contributed by atoms with E-state index in [2.05, 4.69) is 15.5 Å². The highest BCUT2D eigenvalue weighted by Gasteiger charge is 2.28. The summed E-state index contributed by atoms with van der Waals surface area (Å²) in [5.41, 5.74) is 5.26. The van der Waals surface area contributed by atoms with E-state index in [1.165, 1.54) is 0 Å². The van der Waals surface area contributed by atoms with Crippen LogP contribution in [-0.2, 0) is 9.59 Å². The largest absolute Gasteiger partial charge is 0.354 e. The van der Waals surface area contributed by atoms with Crippen LogP contribution in [0, 0.1) is 0 Å². The predicted molar refractivity (Wildman–Crippen MR) is 145 cm³/mol. The molecule has 0 bridgehead atoms. The van der Waals surface area contributed by atoms with E-state index < -0.39 is 0 Å². The number of nitrogens with zero attached hydrogens (tertiary/aromatic N) is 2. The minimum atomic E-state index is -0.187. The van der Waals surface area contributed by atoms with Gasteiger partial charge in [0.1, 0.15) is 0 Å². The predicted octanol–water partition coefficient (Wildman–Crippen LogP) is 5.58. The van der Waals surface area contributed by atoms with E-state index in [4.69, 9.17) is 11.6 Å². The van der Waals surface area contributed by atoms with Gasteiger partial charge in [-0.25, -0.2) is 0 Å². The van der Waals surface area contributed by atoms with Crippen molar-refractivity contribution in [3.8, 4) is 0 Å². The zero-order valence-corrected chi connectivity index (χ0v) is 20.9. The summed E-state index contributed by atoms with van der Waals surface area (Å²) in [6.45, 7) is 0.877. The molecule has 2 N–H and O–H groups in total. The standard InChI is InChI=1S/C28H29ClN4O2/c1-32(2)17-7-10-25(34)33(3)22-14-12-21(13-15-22)30-27(19-8-5-4-6-9-19)26-23-16-11-20(29)18-24(23)31-28(26)35/h4-6,8-9,11-16,18,30H,7,10,17H2,1-3H3,(H,31,35). The van der Waals surface area contributed by atoms with Crippen LogP contribution >= 0.6 is 11.6 Å². The normalized spacial score (nSPS) is 13.9. The Balaban J connectivity index is 1.61. The maximum absolute atomic E-state index is 13.0. The molecule has 180 valence electrons. The second kappa shape index (κ2) is 10.8. The molecule has 0 unspecified atom stereocenters. The number of fused-ring (bicyclic) bond motifs is 1. The molecule has 3 aromatic rings. The van der Waals surface area contributed by atoms with Gasteiger partial charge in [-0.15, -0.1) is 0 Å². The van der Waals surface area contributed by atoms with Gasteiger partial charge in [0.2, 0.25) is 5.91 Å². The number of nitrogens with one attached hydrogen (secondary N) is 2. The number of benzene rings is 3. The molecule has 0 saturated heterocycles. The number of anilines is 3. The summed E-state index contributed by atoms with van der Waals surface area (Å²) in [6, 6.07) is 22.8. The van der Waals surface area contributed by atoms with E-state index in [9.17, 15) is 9.59 Å². The number of carbonyl (C=O) groups is 2. The van der Waals surface area contributed by atoms with E-state index in [1.54, 1.807) is 24.1 Å². The van der Waals surface area contributed by atoms with Crippen LogP contribution in [0.25, 0.3) is 11.3 Å². The lowest BCUT2D eigenvalue weighted by atomic mass is 10.00. The lowest BCUT2D eigenvalue weighted by Gasteiger charge is -2.19. The van der Waals surface area contributed by atoms with Crippen LogP contribution < -0.4 is 15.5 Å². The number of rotatable bonds is 8. The molecule has 1 aliphatic heterocycles. The third-order valence-corrected chi connectivity index (χ3v) is 6.17. The van der Waals surface area contributed by atoms with Crippen molar-refractivity contribution in [1.82, 2.24) is 4.90 Å². The minimum Gasteiger partial charge on any atom is -0.354 e. The topological polar surface area (TPSA) is 64.7 Å². The summed E-state index contributed by atoms with van der Waals surface area (Å²) in [4.78, 5) is 29.3. The molecule has 7 heteroatoms. The summed E-state index contributed by atoms with van der Waals surface area (Å²) in [5, 5.41) is 6.92. The molecule has 0 atom stereocenters. The van der Waals surface area contributed by atoms with Crippen molar-refractivity contribution in [3.05, 3.63) is 88.9 Å². The third-order valence-electron chi connectivity index (χ3n) is 5.93. The quantitative estimate of drug-likeness (QED) is 0.406. The molecule has 0 aliphatic carbocycles. The van der Waals surface area contributed by atoms with Gasteiger partial charge in [0, 0.05) is 35.4 Å². The monoisotopic (exact) mass is 488 g/mol. The summed E-state index contributed by atoms with van der Waals surface area (Å²) in [7, 11) is 5.80. The van der Waals surface area contributed by atoms with Crippen LogP contribution in [0.4, 0.5) is 17.1 Å². The lowest BCUT2D eigenvalue weighted by molar-refractivity contribution is -0.118. The zero-order valence-electron chi connectivity index (χ0n) is 20.1. The molecule has 0 saturated carbocycles. The fraction of sp³-hybridized carbons (Fsp3) is 0.214. The first-order chi connectivity index (χ1) is 16.8. The molecule has 0 spiro atoms. The highest BCUT2D eigenvalue weighted by Crippen LogP contribution is 2.38. The van der Waals surface area contributed by atoms with Crippen molar-refractivity contribution in [1.29, 1.82) is 0 Å². The Labute approximate surface area is 211 Å². The van der Waals surface area contributed by atoms with Gasteiger partial charge in [0.25, 0.3) is 5.91 Å². The second-order valence-corrected chi connectivity index (χ2v) is 9.23. The van der Waals surface area contributed by atoms with Crippen LogP contribution in [0.15, 0.2) is 72.8 Å². The Morgan fingerprint density at radius 3 is 2.37 bits per heavy atom. The highest BCUT2D eigenvalue weighted by atomic mass is 35.5. The van der Waals surface area contributed by atoms with Gasteiger partial charge in [-0.1, -0.05) is 48.0 Å². The fourth-order valence-corrected chi connectivity index (χ4v) is 4.22. The Kier molecular flexibility index (Phi) is 7.54. The fourth-order valence-electron chi connectivity index (χ4n) is 4.05. The number of hydrogen-bond donors (Lipinski definition) is 2. The third kappa shape index (κ3) is 5.73. The molecule has 35 heavy (non-hydrogen) atoms. The number of halogens is 1. The van der Waals surface area contributed by atoms with Crippen LogP contribution in [0.1, 0.15) is 24.0 Å². The Hall–Kier alpha value is -3.61. The number of amides is 2. The van der Waals surface area contributed by atoms with Gasteiger partial charge in [-0.3, -0.25) is 9.59 Å². The van der Waals surface area contributed by atoms with Crippen LogP contribution in [0.2, 0.25) is 5.02 Å². The van der Waals surface area contributed by atoms with Gasteiger partial charge in [-0.2, -0.15) is 0 Å². The smallest absolute Gasteiger partial charge is 0.258 e. The molecule has 3 aromatic carbocycles. The van der Waals surface area contributed by atoms with Crippen molar-refractivity contribution in [2.45, 2.75) is 12.8 Å². The van der Waals surface area contributed by atoms with Crippen molar-refractivity contribution < 1.29 is 9.59 Å². The summed E-state index contributed by atoms with van der Waals surface area (Å²) < 4.78 is 0. The Bertz CT molecular complexity index is 1250. The Morgan fingerprint density at radius 2 is 1.69 bits per heavy atom. The number of carbonyl (C=O) groups excluding carboxylic acids is 2. The zero-order chi connectivity index (χ0) is 24.9. The maximum atomic E-state index is 13.0. The molecule has 2 amide bonds. The van der Waals surface area contributed by atoms with Crippen molar-refractivity contribution >= 4 is 51.7 Å². The molecule has 0 aromatic heterocycles. The molecule has 0 fully saturated rings. The summed E-state index contributed by atoms with van der Waals surface area (Å²) >= 11 is 6.14. The minimum absolute atomic E-state index is 0.0811. The average molecular weight is 489 g/mol. The van der Waals surface area contributed by atoms with Gasteiger partial charge in [0.15, 0.2) is 0 Å². The maximum Gasteiger partial charge on any atom is 0.258 e. The second-order valence-electron chi connectivity index (χ2n) is 8.79. The molecule has 0 radical (unpaired) electrons. The first-order valence-corrected chi connectivity index (χ1v) is 11.9. The van der Waals surface area contributed by atoms with E-state index in [0.717, 1.165) is 35.5 Å². The summed E-state index contributed by atoms with van der Waals surface area (Å²) in [5.74, 6) is -0.106. The van der Waals surface area contributed by atoms with Gasteiger partial charge < -0.3 is 20.4 Å². The molecule has 1 aliphatic rings. The van der Waals surface area contributed by atoms with E-state index >= 15 is 0 Å². The van der Waals surface area contributed by atoms with Crippen molar-refractivity contribution in [3.63, 3.8) is 0 Å². The van der Waals surface area contributed by atoms with Crippen LogP contribution in [0.5, 0.6) is 0 Å². The highest BCUT2D eigenvalue weighted by molar-refractivity contribution is 6.38. The molecule has 4 rings (SSSR count). The van der Waals surface area contributed by atoms with Gasteiger partial charge in [-0.05, 0) is 69.0 Å². The van der Waals surface area contributed by atoms with Gasteiger partial charge >= 0.3 is 0 Å². The molecular weight excluding hydrogens is 460 g/mol. The van der Waals surface area contributed by atoms with E-state index in [0.29, 0.717) is 28.4 Å². The van der Waals surface area contributed by atoms with Crippen molar-refractivity contribution in [2.75, 3.05) is 43.2 Å². The van der Waals surface area contributed by atoms with E-state index in [-0.39, 0.29) is 11.8 Å². The van der Waals surface area contributed by atoms with Crippen LogP contribution in [-0.4, -0.2) is 44.4 Å². The first kappa shape index (κ1) is 24.5. The number of hydrogen-bond acceptors (Lipinski definition) is 4. The van der Waals surface area contributed by atoms with Crippen LogP contribution in [0.3, 0.4) is 0 Å². The Morgan fingerprint density at radius 1 is 0.971 bits per heavy atom. The summed E-state index contributed by atoms with van der Waals surface area (Å²) in [6.07, 6.45) is 1.32. The lowest BCUT2D eigenvalue weighted by Crippen LogP contribution is -2.27. The molecule has 6 nitrogen and oxygen atoms in total. The van der Waals surface area contributed by atoms with E-state index in [1.807, 2.05) is 74.8 Å². The molecular formula is C28H29ClN4O2.